The van der Waals surface area contributed by atoms with E-state index in [9.17, 15) is 0 Å². The third-order valence-corrected chi connectivity index (χ3v) is 5.06. The van der Waals surface area contributed by atoms with Gasteiger partial charge in [-0.3, -0.25) is 0 Å². The quantitative estimate of drug-likeness (QED) is 0.846. The molecule has 3 rings (SSSR count). The van der Waals surface area contributed by atoms with Gasteiger partial charge in [0.1, 0.15) is 0 Å². The van der Waals surface area contributed by atoms with Gasteiger partial charge in [-0.2, -0.15) is 0 Å². The van der Waals surface area contributed by atoms with Crippen LogP contribution in [0.5, 0.6) is 0 Å². The summed E-state index contributed by atoms with van der Waals surface area (Å²) in [6.07, 6.45) is 5.45. The Hall–Kier alpha value is -1.65. The number of rotatable bonds is 6. The minimum atomic E-state index is 0.582. The molecule has 5 heteroatoms. The van der Waals surface area contributed by atoms with Crippen LogP contribution in [-0.4, -0.2) is 41.0 Å². The summed E-state index contributed by atoms with van der Waals surface area (Å²) in [6, 6.07) is 9.99. The molecule has 1 fully saturated rings. The molecule has 2 heterocycles. The van der Waals surface area contributed by atoms with Crippen LogP contribution in [0.15, 0.2) is 36.5 Å². The Labute approximate surface area is 149 Å². The number of hydrogen-bond acceptors (Lipinski definition) is 4. The average Bonchev–Trinajstić information content (AvgIpc) is 2.64. The molecule has 0 atom stereocenters. The maximum absolute atomic E-state index is 6.26. The van der Waals surface area contributed by atoms with E-state index in [-0.39, 0.29) is 0 Å². The van der Waals surface area contributed by atoms with Crippen LogP contribution in [0.1, 0.15) is 26.2 Å². The Morgan fingerprint density at radius 2 is 1.96 bits per heavy atom. The highest BCUT2D eigenvalue weighted by Gasteiger charge is 2.17. The summed E-state index contributed by atoms with van der Waals surface area (Å²) in [5, 5.41) is 3.94. The van der Waals surface area contributed by atoms with Crippen LogP contribution in [0.25, 0.3) is 11.3 Å². The van der Waals surface area contributed by atoms with Crippen molar-refractivity contribution < 1.29 is 0 Å². The van der Waals surface area contributed by atoms with Crippen LogP contribution in [0.2, 0.25) is 5.02 Å². The van der Waals surface area contributed by atoms with Crippen molar-refractivity contribution in [3.8, 4) is 11.3 Å². The third-order valence-electron chi connectivity index (χ3n) is 4.78. The van der Waals surface area contributed by atoms with Gasteiger partial charge in [0.2, 0.25) is 5.95 Å². The Kier molecular flexibility index (Phi) is 6.05. The van der Waals surface area contributed by atoms with Gasteiger partial charge in [0.25, 0.3) is 0 Å². The fourth-order valence-electron chi connectivity index (χ4n) is 3.23. The van der Waals surface area contributed by atoms with Gasteiger partial charge >= 0.3 is 0 Å². The molecule has 0 amide bonds. The lowest BCUT2D eigenvalue weighted by Gasteiger charge is -2.31. The van der Waals surface area contributed by atoms with E-state index in [4.69, 9.17) is 11.6 Å². The van der Waals surface area contributed by atoms with Gasteiger partial charge in [0.05, 0.1) is 16.9 Å². The summed E-state index contributed by atoms with van der Waals surface area (Å²) >= 11 is 6.26. The van der Waals surface area contributed by atoms with Crippen molar-refractivity contribution in [2.24, 2.45) is 5.92 Å². The molecule has 1 aliphatic rings. The molecule has 0 bridgehead atoms. The smallest absolute Gasteiger partial charge is 0.223 e. The van der Waals surface area contributed by atoms with Gasteiger partial charge in [0, 0.05) is 12.1 Å². The van der Waals surface area contributed by atoms with E-state index in [1.54, 1.807) is 6.20 Å². The minimum Gasteiger partial charge on any atom is -0.354 e. The summed E-state index contributed by atoms with van der Waals surface area (Å²) in [4.78, 5) is 11.4. The first-order valence-corrected chi connectivity index (χ1v) is 9.18. The van der Waals surface area contributed by atoms with Crippen LogP contribution < -0.4 is 5.32 Å². The zero-order chi connectivity index (χ0) is 16.8. The molecule has 0 spiro atoms. The van der Waals surface area contributed by atoms with Crippen LogP contribution in [0.4, 0.5) is 5.95 Å². The number of halogens is 1. The first kappa shape index (κ1) is 17.2. The van der Waals surface area contributed by atoms with E-state index in [2.05, 4.69) is 27.1 Å². The molecule has 1 aliphatic heterocycles. The summed E-state index contributed by atoms with van der Waals surface area (Å²) in [6.45, 7) is 6.79. The van der Waals surface area contributed by atoms with E-state index in [1.807, 2.05) is 30.3 Å². The largest absolute Gasteiger partial charge is 0.354 e. The molecule has 24 heavy (non-hydrogen) atoms. The molecule has 4 nitrogen and oxygen atoms in total. The standard InChI is InChI=1S/C19H25ClN4/c1-2-24-12-9-15(10-13-24)8-11-21-19-22-14-17(20)18(23-19)16-6-4-3-5-7-16/h3-7,14-15H,2,8-13H2,1H3,(H,21,22,23). The second-order valence-corrected chi connectivity index (χ2v) is 6.76. The van der Waals surface area contributed by atoms with Crippen molar-refractivity contribution in [2.75, 3.05) is 31.5 Å². The minimum absolute atomic E-state index is 0.582. The van der Waals surface area contributed by atoms with Crippen LogP contribution in [-0.2, 0) is 0 Å². The Morgan fingerprint density at radius 1 is 1.21 bits per heavy atom. The molecule has 0 unspecified atom stereocenters. The molecule has 0 radical (unpaired) electrons. The maximum atomic E-state index is 6.26. The number of aromatic nitrogens is 2. The molecule has 2 aromatic rings. The van der Waals surface area contributed by atoms with Gasteiger partial charge in [-0.15, -0.1) is 0 Å². The summed E-state index contributed by atoms with van der Waals surface area (Å²) in [7, 11) is 0. The topological polar surface area (TPSA) is 41.0 Å². The molecule has 1 saturated heterocycles. The number of anilines is 1. The summed E-state index contributed by atoms with van der Waals surface area (Å²) in [5.74, 6) is 1.46. The number of hydrogen-bond donors (Lipinski definition) is 1. The Bertz CT molecular complexity index is 639. The molecule has 1 aromatic heterocycles. The number of benzene rings is 1. The molecular weight excluding hydrogens is 320 g/mol. The lowest BCUT2D eigenvalue weighted by molar-refractivity contribution is 0.189. The van der Waals surface area contributed by atoms with Crippen molar-refractivity contribution in [3.63, 3.8) is 0 Å². The second kappa shape index (κ2) is 8.45. The van der Waals surface area contributed by atoms with E-state index >= 15 is 0 Å². The first-order chi connectivity index (χ1) is 11.8. The van der Waals surface area contributed by atoms with Crippen molar-refractivity contribution in [2.45, 2.75) is 26.2 Å². The van der Waals surface area contributed by atoms with E-state index in [0.29, 0.717) is 11.0 Å². The lowest BCUT2D eigenvalue weighted by Crippen LogP contribution is -2.33. The van der Waals surface area contributed by atoms with Gasteiger partial charge in [-0.05, 0) is 44.8 Å². The molecule has 0 aliphatic carbocycles. The predicted octanol–water partition coefficient (Wildman–Crippen LogP) is 4.33. The average molecular weight is 345 g/mol. The van der Waals surface area contributed by atoms with E-state index in [1.165, 1.54) is 38.9 Å². The monoisotopic (exact) mass is 344 g/mol. The zero-order valence-electron chi connectivity index (χ0n) is 14.2. The van der Waals surface area contributed by atoms with E-state index in [0.717, 1.165) is 23.7 Å². The normalized spacial score (nSPS) is 16.2. The van der Waals surface area contributed by atoms with E-state index < -0.39 is 0 Å². The zero-order valence-corrected chi connectivity index (χ0v) is 15.0. The Balaban J connectivity index is 1.55. The molecule has 1 N–H and O–H groups in total. The van der Waals surface area contributed by atoms with Gasteiger partial charge < -0.3 is 10.2 Å². The molecule has 1 aromatic carbocycles. The predicted molar refractivity (Wildman–Crippen MR) is 100 cm³/mol. The van der Waals surface area contributed by atoms with Crippen molar-refractivity contribution >= 4 is 17.5 Å². The highest BCUT2D eigenvalue weighted by molar-refractivity contribution is 6.32. The number of nitrogens with one attached hydrogen (secondary N) is 1. The van der Waals surface area contributed by atoms with Gasteiger partial charge in [-0.1, -0.05) is 48.9 Å². The lowest BCUT2D eigenvalue weighted by atomic mass is 9.93. The third kappa shape index (κ3) is 4.46. The second-order valence-electron chi connectivity index (χ2n) is 6.35. The van der Waals surface area contributed by atoms with Crippen LogP contribution >= 0.6 is 11.6 Å². The van der Waals surface area contributed by atoms with Crippen LogP contribution in [0, 0.1) is 5.92 Å². The van der Waals surface area contributed by atoms with Crippen molar-refractivity contribution in [1.29, 1.82) is 0 Å². The fourth-order valence-corrected chi connectivity index (χ4v) is 3.43. The number of piperidine rings is 1. The first-order valence-electron chi connectivity index (χ1n) is 8.80. The van der Waals surface area contributed by atoms with Crippen molar-refractivity contribution in [1.82, 2.24) is 14.9 Å². The summed E-state index contributed by atoms with van der Waals surface area (Å²) < 4.78 is 0. The van der Waals surface area contributed by atoms with Gasteiger partial charge in [0.15, 0.2) is 0 Å². The highest BCUT2D eigenvalue weighted by atomic mass is 35.5. The van der Waals surface area contributed by atoms with Crippen LogP contribution in [0.3, 0.4) is 0 Å². The molecule has 0 saturated carbocycles. The molecular formula is C19H25ClN4. The fraction of sp³-hybridized carbons (Fsp3) is 0.474. The van der Waals surface area contributed by atoms with Gasteiger partial charge in [-0.25, -0.2) is 9.97 Å². The molecule has 128 valence electrons. The summed E-state index contributed by atoms with van der Waals surface area (Å²) in [5.41, 5.74) is 1.80. The number of nitrogens with zero attached hydrogens (tertiary/aromatic N) is 3. The van der Waals surface area contributed by atoms with Crippen molar-refractivity contribution in [3.05, 3.63) is 41.6 Å². The SMILES string of the molecule is CCN1CCC(CCNc2ncc(Cl)c(-c3ccccc3)n2)CC1. The highest BCUT2D eigenvalue weighted by Crippen LogP contribution is 2.26. The maximum Gasteiger partial charge on any atom is 0.223 e. The Morgan fingerprint density at radius 3 is 2.67 bits per heavy atom. The number of likely N-dealkylation sites (tertiary alicyclic amines) is 1.